The van der Waals surface area contributed by atoms with Gasteiger partial charge < -0.3 is 15.1 Å². The highest BCUT2D eigenvalue weighted by Crippen LogP contribution is 2.19. The Morgan fingerprint density at radius 3 is 2.88 bits per heavy atom. The Bertz CT molecular complexity index is 251. The smallest absolute Gasteiger partial charge is 0.320 e. The maximum atomic E-state index is 11.9. The summed E-state index contributed by atoms with van der Waals surface area (Å²) >= 11 is 0. The second kappa shape index (κ2) is 5.04. The van der Waals surface area contributed by atoms with E-state index in [0.29, 0.717) is 6.04 Å². The zero-order valence-electron chi connectivity index (χ0n) is 10.4. The summed E-state index contributed by atoms with van der Waals surface area (Å²) in [5.74, 6) is 0.777. The predicted molar refractivity (Wildman–Crippen MR) is 64.4 cm³/mol. The predicted octanol–water partition coefficient (Wildman–Crippen LogP) is 1.13. The van der Waals surface area contributed by atoms with Crippen LogP contribution in [0.4, 0.5) is 4.79 Å². The Balaban J connectivity index is 1.79. The van der Waals surface area contributed by atoms with Crippen LogP contribution in [0.25, 0.3) is 0 Å². The van der Waals surface area contributed by atoms with Crippen molar-refractivity contribution in [2.75, 3.05) is 33.2 Å². The highest BCUT2D eigenvalue weighted by molar-refractivity contribution is 5.76. The molecule has 2 amide bonds. The number of carbonyl (C=O) groups is 1. The summed E-state index contributed by atoms with van der Waals surface area (Å²) in [6.45, 7) is 6.29. The van der Waals surface area contributed by atoms with Gasteiger partial charge in [0.1, 0.15) is 0 Å². The number of rotatable bonds is 4. The number of likely N-dealkylation sites (N-methyl/N-ethyl adjacent to an activating group) is 1. The van der Waals surface area contributed by atoms with E-state index in [1.54, 1.807) is 0 Å². The van der Waals surface area contributed by atoms with Crippen LogP contribution in [0.15, 0.2) is 0 Å². The molecule has 4 nitrogen and oxygen atoms in total. The minimum absolute atomic E-state index is 0.220. The van der Waals surface area contributed by atoms with Gasteiger partial charge in [-0.3, -0.25) is 0 Å². The topological polar surface area (TPSA) is 35.6 Å². The summed E-state index contributed by atoms with van der Waals surface area (Å²) in [6, 6.07) is 0.645. The van der Waals surface area contributed by atoms with E-state index in [4.69, 9.17) is 0 Å². The number of carbonyl (C=O) groups excluding carboxylic acids is 1. The molecule has 2 fully saturated rings. The molecule has 0 bridgehead atoms. The first-order valence-electron chi connectivity index (χ1n) is 6.44. The molecule has 2 heterocycles. The molecule has 2 saturated heterocycles. The Morgan fingerprint density at radius 1 is 1.50 bits per heavy atom. The highest BCUT2D eigenvalue weighted by Gasteiger charge is 2.33. The molecule has 0 aliphatic carbocycles. The van der Waals surface area contributed by atoms with Gasteiger partial charge in [0.15, 0.2) is 0 Å². The van der Waals surface area contributed by atoms with Crippen molar-refractivity contribution >= 4 is 6.03 Å². The Labute approximate surface area is 98.0 Å². The largest absolute Gasteiger partial charge is 0.323 e. The molecule has 0 aromatic carbocycles. The van der Waals surface area contributed by atoms with Crippen LogP contribution in [0.5, 0.6) is 0 Å². The fourth-order valence-corrected chi connectivity index (χ4v) is 2.72. The molecule has 92 valence electrons. The zero-order chi connectivity index (χ0) is 11.5. The van der Waals surface area contributed by atoms with Crippen LogP contribution in [-0.4, -0.2) is 55.1 Å². The second-order valence-electron chi connectivity index (χ2n) is 5.05. The van der Waals surface area contributed by atoms with Crippen molar-refractivity contribution in [2.45, 2.75) is 32.2 Å². The Hall–Kier alpha value is -0.770. The lowest BCUT2D eigenvalue weighted by molar-refractivity contribution is 0.193. The molecule has 0 spiro atoms. The third-order valence-electron chi connectivity index (χ3n) is 3.99. The average Bonchev–Trinajstić information content (AvgIpc) is 2.88. The van der Waals surface area contributed by atoms with E-state index in [2.05, 4.69) is 12.2 Å². The standard InChI is InChI=1S/C12H23N3O/c1-3-11-9-15(12(16)14(11)2)7-5-10-4-6-13-8-10/h10-11,13H,3-9H2,1-2H3. The van der Waals surface area contributed by atoms with Crippen molar-refractivity contribution in [3.8, 4) is 0 Å². The maximum Gasteiger partial charge on any atom is 0.320 e. The molecular weight excluding hydrogens is 202 g/mol. The lowest BCUT2D eigenvalue weighted by Crippen LogP contribution is -2.32. The van der Waals surface area contributed by atoms with Crippen molar-refractivity contribution in [2.24, 2.45) is 5.92 Å². The Kier molecular flexibility index (Phi) is 3.69. The molecule has 0 saturated carbocycles. The molecule has 2 rings (SSSR count). The van der Waals surface area contributed by atoms with E-state index in [9.17, 15) is 4.79 Å². The summed E-state index contributed by atoms with van der Waals surface area (Å²) < 4.78 is 0. The van der Waals surface area contributed by atoms with Gasteiger partial charge in [0.05, 0.1) is 6.04 Å². The SMILES string of the molecule is CCC1CN(CCC2CCNC2)C(=O)N1C. The summed E-state index contributed by atoms with van der Waals surface area (Å²) in [5.41, 5.74) is 0. The highest BCUT2D eigenvalue weighted by atomic mass is 16.2. The van der Waals surface area contributed by atoms with Crippen molar-refractivity contribution in [1.29, 1.82) is 0 Å². The molecule has 0 aromatic rings. The molecular formula is C12H23N3O. The van der Waals surface area contributed by atoms with Gasteiger partial charge in [0, 0.05) is 20.1 Å². The van der Waals surface area contributed by atoms with Crippen LogP contribution in [0.1, 0.15) is 26.2 Å². The first-order valence-corrected chi connectivity index (χ1v) is 6.44. The van der Waals surface area contributed by atoms with Crippen molar-refractivity contribution in [3.05, 3.63) is 0 Å². The van der Waals surface area contributed by atoms with Crippen molar-refractivity contribution in [1.82, 2.24) is 15.1 Å². The van der Waals surface area contributed by atoms with E-state index < -0.39 is 0 Å². The van der Waals surface area contributed by atoms with E-state index in [0.717, 1.165) is 44.9 Å². The molecule has 2 aliphatic heterocycles. The minimum Gasteiger partial charge on any atom is -0.323 e. The molecule has 4 heteroatoms. The lowest BCUT2D eigenvalue weighted by atomic mass is 10.1. The molecule has 0 aromatic heterocycles. The van der Waals surface area contributed by atoms with Crippen LogP contribution in [0.3, 0.4) is 0 Å². The monoisotopic (exact) mass is 225 g/mol. The normalized spacial score (nSPS) is 30.5. The number of hydrogen-bond donors (Lipinski definition) is 1. The number of nitrogens with zero attached hydrogens (tertiary/aromatic N) is 2. The van der Waals surface area contributed by atoms with Gasteiger partial charge in [-0.15, -0.1) is 0 Å². The second-order valence-corrected chi connectivity index (χ2v) is 5.05. The Morgan fingerprint density at radius 2 is 2.31 bits per heavy atom. The average molecular weight is 225 g/mol. The molecule has 2 unspecified atom stereocenters. The summed E-state index contributed by atoms with van der Waals surface area (Å²) in [7, 11) is 1.92. The molecule has 2 atom stereocenters. The van der Waals surface area contributed by atoms with E-state index in [-0.39, 0.29) is 6.03 Å². The lowest BCUT2D eigenvalue weighted by Gasteiger charge is -2.17. The van der Waals surface area contributed by atoms with Gasteiger partial charge in [0.25, 0.3) is 0 Å². The maximum absolute atomic E-state index is 11.9. The van der Waals surface area contributed by atoms with E-state index in [1.165, 1.54) is 6.42 Å². The van der Waals surface area contributed by atoms with Crippen LogP contribution in [0.2, 0.25) is 0 Å². The van der Waals surface area contributed by atoms with Gasteiger partial charge in [-0.25, -0.2) is 4.79 Å². The molecule has 1 N–H and O–H groups in total. The fourth-order valence-electron chi connectivity index (χ4n) is 2.72. The van der Waals surface area contributed by atoms with Crippen LogP contribution < -0.4 is 5.32 Å². The molecule has 16 heavy (non-hydrogen) atoms. The van der Waals surface area contributed by atoms with Crippen molar-refractivity contribution < 1.29 is 4.79 Å². The van der Waals surface area contributed by atoms with Gasteiger partial charge in [-0.1, -0.05) is 6.92 Å². The van der Waals surface area contributed by atoms with Gasteiger partial charge in [0.2, 0.25) is 0 Å². The number of urea groups is 1. The van der Waals surface area contributed by atoms with Gasteiger partial charge in [-0.05, 0) is 38.3 Å². The zero-order valence-corrected chi connectivity index (χ0v) is 10.4. The molecule has 0 radical (unpaired) electrons. The van der Waals surface area contributed by atoms with Gasteiger partial charge in [-0.2, -0.15) is 0 Å². The number of amides is 2. The van der Waals surface area contributed by atoms with Crippen LogP contribution in [-0.2, 0) is 0 Å². The van der Waals surface area contributed by atoms with Crippen molar-refractivity contribution in [3.63, 3.8) is 0 Å². The minimum atomic E-state index is 0.220. The third-order valence-corrected chi connectivity index (χ3v) is 3.99. The summed E-state index contributed by atoms with van der Waals surface area (Å²) in [5, 5.41) is 3.37. The molecule has 2 aliphatic rings. The van der Waals surface area contributed by atoms with Crippen LogP contribution in [0, 0.1) is 5.92 Å². The third kappa shape index (κ3) is 2.32. The quantitative estimate of drug-likeness (QED) is 0.778. The number of hydrogen-bond acceptors (Lipinski definition) is 2. The number of nitrogens with one attached hydrogen (secondary N) is 1. The van der Waals surface area contributed by atoms with E-state index >= 15 is 0 Å². The fraction of sp³-hybridized carbons (Fsp3) is 0.917. The summed E-state index contributed by atoms with van der Waals surface area (Å²) in [4.78, 5) is 15.8. The summed E-state index contributed by atoms with van der Waals surface area (Å²) in [6.07, 6.45) is 3.49. The van der Waals surface area contributed by atoms with Crippen LogP contribution >= 0.6 is 0 Å². The first kappa shape index (κ1) is 11.7. The van der Waals surface area contributed by atoms with Gasteiger partial charge >= 0.3 is 6.03 Å². The van der Waals surface area contributed by atoms with E-state index in [1.807, 2.05) is 16.8 Å². The first-order chi connectivity index (χ1) is 7.72.